The topological polar surface area (TPSA) is 49.4 Å². The van der Waals surface area contributed by atoms with Crippen LogP contribution in [-0.4, -0.2) is 29.3 Å². The van der Waals surface area contributed by atoms with Gasteiger partial charge in [0.05, 0.1) is 0 Å². The molecule has 0 spiro atoms. The Morgan fingerprint density at radius 1 is 0.967 bits per heavy atom. The molecular weight excluding hydrogens is 396 g/mol. The molecular formula is C25H27ClN2O2. The fraction of sp³-hybridized carbons (Fsp3) is 0.280. The molecule has 156 valence electrons. The third-order valence-corrected chi connectivity index (χ3v) is 5.67. The molecule has 4 nitrogen and oxygen atoms in total. The summed E-state index contributed by atoms with van der Waals surface area (Å²) in [5, 5.41) is 5.72. The van der Waals surface area contributed by atoms with Gasteiger partial charge >= 0.3 is 0 Å². The van der Waals surface area contributed by atoms with Gasteiger partial charge in [-0.3, -0.25) is 9.59 Å². The molecule has 0 unspecified atom stereocenters. The molecule has 0 saturated carbocycles. The Morgan fingerprint density at radius 2 is 1.63 bits per heavy atom. The van der Waals surface area contributed by atoms with Crippen LogP contribution in [0.3, 0.4) is 0 Å². The van der Waals surface area contributed by atoms with Gasteiger partial charge in [0.15, 0.2) is 0 Å². The fourth-order valence-electron chi connectivity index (χ4n) is 3.61. The first kappa shape index (κ1) is 21.8. The van der Waals surface area contributed by atoms with Crippen LogP contribution >= 0.6 is 11.6 Å². The predicted molar refractivity (Wildman–Crippen MR) is 122 cm³/mol. The standard InChI is InChI=1S/C25H27ClN2O2/c1-3-27-25(30)18(2)28(17-21-10-5-7-14-23(21)26)24(29)16-15-20-12-8-11-19-9-4-6-13-22(19)20/h4-14,18H,3,15-17H2,1-2H3,(H,27,30)/t18-/m1/s1. The molecule has 5 heteroatoms. The average molecular weight is 423 g/mol. The molecule has 0 aromatic heterocycles. The molecule has 0 aliphatic carbocycles. The third-order valence-electron chi connectivity index (χ3n) is 5.30. The Bertz CT molecular complexity index is 1030. The van der Waals surface area contributed by atoms with Crippen molar-refractivity contribution in [1.82, 2.24) is 10.2 Å². The first-order chi connectivity index (χ1) is 14.5. The van der Waals surface area contributed by atoms with Gasteiger partial charge in [-0.15, -0.1) is 0 Å². The van der Waals surface area contributed by atoms with Crippen LogP contribution in [0.1, 0.15) is 31.4 Å². The molecule has 0 bridgehead atoms. The van der Waals surface area contributed by atoms with Crippen molar-refractivity contribution >= 4 is 34.2 Å². The number of aryl methyl sites for hydroxylation is 1. The maximum atomic E-state index is 13.2. The van der Waals surface area contributed by atoms with Crippen molar-refractivity contribution in [1.29, 1.82) is 0 Å². The maximum absolute atomic E-state index is 13.2. The van der Waals surface area contributed by atoms with E-state index in [1.165, 1.54) is 0 Å². The first-order valence-corrected chi connectivity index (χ1v) is 10.7. The van der Waals surface area contributed by atoms with Crippen molar-refractivity contribution in [2.45, 2.75) is 39.3 Å². The second-order valence-electron chi connectivity index (χ2n) is 7.32. The molecule has 0 aliphatic rings. The Morgan fingerprint density at radius 3 is 2.40 bits per heavy atom. The van der Waals surface area contributed by atoms with Gasteiger partial charge in [0, 0.05) is 24.5 Å². The van der Waals surface area contributed by atoms with Crippen molar-refractivity contribution in [3.8, 4) is 0 Å². The van der Waals surface area contributed by atoms with Gasteiger partial charge in [0.25, 0.3) is 0 Å². The van der Waals surface area contributed by atoms with Crippen LogP contribution in [0.25, 0.3) is 10.8 Å². The second kappa shape index (κ2) is 10.3. The molecule has 0 aliphatic heterocycles. The smallest absolute Gasteiger partial charge is 0.242 e. The lowest BCUT2D eigenvalue weighted by atomic mass is 10.0. The molecule has 3 rings (SSSR count). The molecule has 3 aromatic carbocycles. The van der Waals surface area contributed by atoms with Crippen LogP contribution < -0.4 is 5.32 Å². The highest BCUT2D eigenvalue weighted by molar-refractivity contribution is 6.31. The number of carbonyl (C=O) groups excluding carboxylic acids is 2. The molecule has 1 atom stereocenters. The van der Waals surface area contributed by atoms with Gasteiger partial charge in [0.1, 0.15) is 6.04 Å². The Kier molecular flexibility index (Phi) is 7.47. The summed E-state index contributed by atoms with van der Waals surface area (Å²) in [6, 6.07) is 21.2. The highest BCUT2D eigenvalue weighted by Crippen LogP contribution is 2.22. The number of nitrogens with one attached hydrogen (secondary N) is 1. The number of nitrogens with zero attached hydrogens (tertiary/aromatic N) is 1. The molecule has 0 saturated heterocycles. The monoisotopic (exact) mass is 422 g/mol. The number of fused-ring (bicyclic) bond motifs is 1. The lowest BCUT2D eigenvalue weighted by Crippen LogP contribution is -2.47. The quantitative estimate of drug-likeness (QED) is 0.556. The summed E-state index contributed by atoms with van der Waals surface area (Å²) >= 11 is 6.32. The Hall–Kier alpha value is -2.85. The highest BCUT2D eigenvalue weighted by atomic mass is 35.5. The number of halogens is 1. The molecule has 2 amide bonds. The predicted octanol–water partition coefficient (Wildman–Crippen LogP) is 4.98. The second-order valence-corrected chi connectivity index (χ2v) is 7.73. The van der Waals surface area contributed by atoms with Crippen molar-refractivity contribution < 1.29 is 9.59 Å². The minimum atomic E-state index is -0.582. The number of carbonyl (C=O) groups is 2. The molecule has 30 heavy (non-hydrogen) atoms. The lowest BCUT2D eigenvalue weighted by Gasteiger charge is -2.29. The van der Waals surface area contributed by atoms with Crippen LogP contribution in [0.4, 0.5) is 0 Å². The summed E-state index contributed by atoms with van der Waals surface area (Å²) in [5.41, 5.74) is 1.96. The maximum Gasteiger partial charge on any atom is 0.242 e. The molecule has 0 heterocycles. The first-order valence-electron chi connectivity index (χ1n) is 10.3. The van der Waals surface area contributed by atoms with E-state index in [0.29, 0.717) is 31.0 Å². The van der Waals surface area contributed by atoms with E-state index in [1.54, 1.807) is 17.9 Å². The van der Waals surface area contributed by atoms with E-state index in [-0.39, 0.29) is 11.8 Å². The fourth-order valence-corrected chi connectivity index (χ4v) is 3.81. The van der Waals surface area contributed by atoms with Crippen LogP contribution in [0, 0.1) is 0 Å². The molecule has 1 N–H and O–H groups in total. The zero-order valence-electron chi connectivity index (χ0n) is 17.4. The van der Waals surface area contributed by atoms with E-state index < -0.39 is 6.04 Å². The Labute approximate surface area is 182 Å². The average Bonchev–Trinajstić information content (AvgIpc) is 2.76. The summed E-state index contributed by atoms with van der Waals surface area (Å²) in [5.74, 6) is -0.232. The third kappa shape index (κ3) is 5.19. The molecule has 3 aromatic rings. The van der Waals surface area contributed by atoms with Crippen molar-refractivity contribution in [2.24, 2.45) is 0 Å². The van der Waals surface area contributed by atoms with E-state index in [1.807, 2.05) is 43.3 Å². The molecule has 0 radical (unpaired) electrons. The Balaban J connectivity index is 1.80. The van der Waals surface area contributed by atoms with Crippen LogP contribution in [0.5, 0.6) is 0 Å². The summed E-state index contributed by atoms with van der Waals surface area (Å²) in [4.78, 5) is 27.3. The molecule has 0 fully saturated rings. The zero-order chi connectivity index (χ0) is 21.5. The minimum absolute atomic E-state index is 0.0680. The van der Waals surface area contributed by atoms with Gasteiger partial charge in [-0.05, 0) is 48.2 Å². The van der Waals surface area contributed by atoms with Crippen LogP contribution in [0.15, 0.2) is 66.7 Å². The summed E-state index contributed by atoms with van der Waals surface area (Å²) in [7, 11) is 0. The SMILES string of the molecule is CCNC(=O)[C@@H](C)N(Cc1ccccc1Cl)C(=O)CCc1cccc2ccccc12. The largest absolute Gasteiger partial charge is 0.355 e. The van der Waals surface area contributed by atoms with Crippen molar-refractivity contribution in [3.63, 3.8) is 0 Å². The summed E-state index contributed by atoms with van der Waals surface area (Å²) in [6.45, 7) is 4.45. The number of benzene rings is 3. The normalized spacial score (nSPS) is 11.8. The van der Waals surface area contributed by atoms with Crippen molar-refractivity contribution in [3.05, 3.63) is 82.9 Å². The summed E-state index contributed by atoms with van der Waals surface area (Å²) < 4.78 is 0. The van der Waals surface area contributed by atoms with E-state index in [9.17, 15) is 9.59 Å². The van der Waals surface area contributed by atoms with Gasteiger partial charge in [-0.25, -0.2) is 0 Å². The van der Waals surface area contributed by atoms with Crippen LogP contribution in [-0.2, 0) is 22.6 Å². The number of likely N-dealkylation sites (N-methyl/N-ethyl adjacent to an activating group) is 1. The van der Waals surface area contributed by atoms with Crippen LogP contribution in [0.2, 0.25) is 5.02 Å². The van der Waals surface area contributed by atoms with E-state index in [0.717, 1.165) is 21.9 Å². The number of rotatable bonds is 8. The van der Waals surface area contributed by atoms with E-state index >= 15 is 0 Å². The van der Waals surface area contributed by atoms with Gasteiger partial charge in [-0.2, -0.15) is 0 Å². The van der Waals surface area contributed by atoms with Gasteiger partial charge in [0.2, 0.25) is 11.8 Å². The van der Waals surface area contributed by atoms with Gasteiger partial charge < -0.3 is 10.2 Å². The lowest BCUT2D eigenvalue weighted by molar-refractivity contribution is -0.140. The minimum Gasteiger partial charge on any atom is -0.355 e. The van der Waals surface area contributed by atoms with E-state index in [2.05, 4.69) is 29.6 Å². The number of hydrogen-bond donors (Lipinski definition) is 1. The zero-order valence-corrected chi connectivity index (χ0v) is 18.2. The number of amides is 2. The van der Waals surface area contributed by atoms with Gasteiger partial charge in [-0.1, -0.05) is 72.3 Å². The van der Waals surface area contributed by atoms with Crippen molar-refractivity contribution in [2.75, 3.05) is 6.54 Å². The highest BCUT2D eigenvalue weighted by Gasteiger charge is 2.26. The summed E-state index contributed by atoms with van der Waals surface area (Å²) in [6.07, 6.45) is 0.934. The number of hydrogen-bond acceptors (Lipinski definition) is 2. The van der Waals surface area contributed by atoms with E-state index in [4.69, 9.17) is 11.6 Å².